The number of hydrogen-bond acceptors (Lipinski definition) is 2. The van der Waals surface area contributed by atoms with E-state index in [1.807, 2.05) is 62.4 Å². The Morgan fingerprint density at radius 1 is 1.32 bits per heavy atom. The van der Waals surface area contributed by atoms with Crippen molar-refractivity contribution < 1.29 is 13.9 Å². The van der Waals surface area contributed by atoms with E-state index in [-0.39, 0.29) is 0 Å². The molecule has 1 aliphatic carbocycles. The molecule has 3 heteroatoms. The molecule has 0 heterocycles. The van der Waals surface area contributed by atoms with Crippen LogP contribution in [0.25, 0.3) is 0 Å². The summed E-state index contributed by atoms with van der Waals surface area (Å²) in [5.74, 6) is 0.657. The predicted molar refractivity (Wildman–Crippen MR) is 74.0 cm³/mol. The van der Waals surface area contributed by atoms with Gasteiger partial charge in [-0.1, -0.05) is 42.5 Å². The van der Waals surface area contributed by atoms with Crippen LogP contribution in [0.3, 0.4) is 0 Å². The average molecular weight is 262 g/mol. The van der Waals surface area contributed by atoms with Gasteiger partial charge in [0.2, 0.25) is 6.29 Å². The lowest BCUT2D eigenvalue weighted by Crippen LogP contribution is -2.36. The lowest BCUT2D eigenvalue weighted by Gasteiger charge is -2.31. The third-order valence-electron chi connectivity index (χ3n) is 3.10. The number of alkyl halides is 1. The molecule has 19 heavy (non-hydrogen) atoms. The zero-order valence-electron chi connectivity index (χ0n) is 11.3. The van der Waals surface area contributed by atoms with Crippen molar-refractivity contribution in [2.24, 2.45) is 0 Å². The first-order chi connectivity index (χ1) is 9.13. The van der Waals surface area contributed by atoms with Crippen molar-refractivity contribution in [3.8, 4) is 5.75 Å². The summed E-state index contributed by atoms with van der Waals surface area (Å²) < 4.78 is 24.5. The Morgan fingerprint density at radius 2 is 2.11 bits per heavy atom. The van der Waals surface area contributed by atoms with Crippen LogP contribution < -0.4 is 4.74 Å². The SMILES string of the molecule is Cc1ccccc1OC(CF)OC1(C)C=CC=CC1. The molecule has 2 nitrogen and oxygen atoms in total. The molecule has 0 radical (unpaired) electrons. The Hall–Kier alpha value is -1.61. The first-order valence-corrected chi connectivity index (χ1v) is 6.43. The third kappa shape index (κ3) is 3.67. The molecule has 0 amide bonds. The van der Waals surface area contributed by atoms with Gasteiger partial charge in [-0.2, -0.15) is 0 Å². The van der Waals surface area contributed by atoms with Gasteiger partial charge in [0.1, 0.15) is 5.75 Å². The van der Waals surface area contributed by atoms with Gasteiger partial charge in [0, 0.05) is 0 Å². The quantitative estimate of drug-likeness (QED) is 0.748. The van der Waals surface area contributed by atoms with E-state index in [0.29, 0.717) is 5.75 Å². The van der Waals surface area contributed by atoms with Crippen molar-refractivity contribution in [3.05, 3.63) is 54.1 Å². The largest absolute Gasteiger partial charge is 0.462 e. The predicted octanol–water partition coefficient (Wildman–Crippen LogP) is 3.96. The van der Waals surface area contributed by atoms with Crippen molar-refractivity contribution in [2.75, 3.05) is 6.67 Å². The van der Waals surface area contributed by atoms with Crippen LogP contribution in [0.2, 0.25) is 0 Å². The van der Waals surface area contributed by atoms with E-state index in [1.54, 1.807) is 0 Å². The smallest absolute Gasteiger partial charge is 0.229 e. The molecule has 0 aliphatic heterocycles. The number of para-hydroxylation sites is 1. The second-order valence-corrected chi connectivity index (χ2v) is 4.89. The van der Waals surface area contributed by atoms with E-state index in [2.05, 4.69) is 0 Å². The van der Waals surface area contributed by atoms with Crippen LogP contribution in [0.5, 0.6) is 5.75 Å². The van der Waals surface area contributed by atoms with Gasteiger partial charge in [0.15, 0.2) is 6.67 Å². The van der Waals surface area contributed by atoms with Crippen molar-refractivity contribution >= 4 is 0 Å². The Morgan fingerprint density at radius 3 is 2.74 bits per heavy atom. The van der Waals surface area contributed by atoms with Crippen LogP contribution in [-0.2, 0) is 4.74 Å². The van der Waals surface area contributed by atoms with Crippen molar-refractivity contribution in [2.45, 2.75) is 32.2 Å². The molecule has 0 saturated heterocycles. The number of allylic oxidation sites excluding steroid dienone is 2. The van der Waals surface area contributed by atoms with Gasteiger partial charge in [-0.15, -0.1) is 0 Å². The number of rotatable bonds is 5. The van der Waals surface area contributed by atoms with Crippen LogP contribution in [0.4, 0.5) is 4.39 Å². The molecule has 1 aromatic rings. The molecule has 102 valence electrons. The first kappa shape index (κ1) is 13.8. The number of benzene rings is 1. The second kappa shape index (κ2) is 6.02. The highest BCUT2D eigenvalue weighted by Crippen LogP contribution is 2.26. The first-order valence-electron chi connectivity index (χ1n) is 6.43. The molecule has 1 aliphatic rings. The summed E-state index contributed by atoms with van der Waals surface area (Å²) in [6, 6.07) is 7.53. The number of ether oxygens (including phenoxy) is 2. The van der Waals surface area contributed by atoms with E-state index in [1.165, 1.54) is 0 Å². The zero-order chi connectivity index (χ0) is 13.7. The molecule has 0 spiro atoms. The normalized spacial score (nSPS) is 23.3. The van der Waals surface area contributed by atoms with Gasteiger partial charge in [-0.25, -0.2) is 4.39 Å². The monoisotopic (exact) mass is 262 g/mol. The summed E-state index contributed by atoms with van der Waals surface area (Å²) in [4.78, 5) is 0. The highest BCUT2D eigenvalue weighted by atomic mass is 19.1. The van der Waals surface area contributed by atoms with E-state index in [4.69, 9.17) is 9.47 Å². The highest BCUT2D eigenvalue weighted by molar-refractivity contribution is 5.31. The van der Waals surface area contributed by atoms with Gasteiger partial charge in [0.05, 0.1) is 5.60 Å². The van der Waals surface area contributed by atoms with Crippen LogP contribution in [0.15, 0.2) is 48.6 Å². The molecule has 0 aromatic heterocycles. The van der Waals surface area contributed by atoms with Gasteiger partial charge < -0.3 is 9.47 Å². The minimum atomic E-state index is -0.887. The molecule has 2 unspecified atom stereocenters. The molecule has 0 saturated carbocycles. The molecule has 0 bridgehead atoms. The van der Waals surface area contributed by atoms with Crippen LogP contribution in [-0.4, -0.2) is 18.6 Å². The minimum absolute atomic E-state index is 0.506. The van der Waals surface area contributed by atoms with Crippen LogP contribution >= 0.6 is 0 Å². The average Bonchev–Trinajstić information content (AvgIpc) is 2.41. The number of halogens is 1. The zero-order valence-corrected chi connectivity index (χ0v) is 11.3. The van der Waals surface area contributed by atoms with E-state index in [0.717, 1.165) is 12.0 Å². The fourth-order valence-electron chi connectivity index (χ4n) is 2.01. The highest BCUT2D eigenvalue weighted by Gasteiger charge is 2.27. The Kier molecular flexibility index (Phi) is 4.38. The van der Waals surface area contributed by atoms with E-state index < -0.39 is 18.6 Å². The lowest BCUT2D eigenvalue weighted by molar-refractivity contribution is -0.152. The van der Waals surface area contributed by atoms with E-state index >= 15 is 0 Å². The number of aryl methyl sites for hydroxylation is 1. The summed E-state index contributed by atoms with van der Waals surface area (Å²) in [6.45, 7) is 3.17. The number of hydrogen-bond donors (Lipinski definition) is 0. The third-order valence-corrected chi connectivity index (χ3v) is 3.10. The van der Waals surface area contributed by atoms with Crippen molar-refractivity contribution in [1.82, 2.24) is 0 Å². The molecule has 0 N–H and O–H groups in total. The summed E-state index contributed by atoms with van der Waals surface area (Å²) in [5.41, 5.74) is 0.461. The maximum atomic E-state index is 13.1. The molecular formula is C16H19FO2. The fourth-order valence-corrected chi connectivity index (χ4v) is 2.01. The van der Waals surface area contributed by atoms with Crippen LogP contribution in [0.1, 0.15) is 18.9 Å². The topological polar surface area (TPSA) is 18.5 Å². The van der Waals surface area contributed by atoms with E-state index in [9.17, 15) is 4.39 Å². The van der Waals surface area contributed by atoms with Crippen molar-refractivity contribution in [1.29, 1.82) is 0 Å². The maximum Gasteiger partial charge on any atom is 0.229 e. The Bertz CT molecular complexity index is 481. The summed E-state index contributed by atoms with van der Waals surface area (Å²) >= 11 is 0. The Balaban J connectivity index is 2.03. The molecular weight excluding hydrogens is 243 g/mol. The molecule has 1 aromatic carbocycles. The molecule has 2 rings (SSSR count). The summed E-state index contributed by atoms with van der Waals surface area (Å²) in [7, 11) is 0. The summed E-state index contributed by atoms with van der Waals surface area (Å²) in [6.07, 6.45) is 7.63. The molecule has 2 atom stereocenters. The van der Waals surface area contributed by atoms with Gasteiger partial charge in [0.25, 0.3) is 0 Å². The van der Waals surface area contributed by atoms with Crippen molar-refractivity contribution in [3.63, 3.8) is 0 Å². The van der Waals surface area contributed by atoms with Gasteiger partial charge in [-0.05, 0) is 31.9 Å². The fraction of sp³-hybridized carbons (Fsp3) is 0.375. The second-order valence-electron chi connectivity index (χ2n) is 4.89. The summed E-state index contributed by atoms with van der Waals surface area (Å²) in [5, 5.41) is 0. The van der Waals surface area contributed by atoms with Gasteiger partial charge >= 0.3 is 0 Å². The van der Waals surface area contributed by atoms with Gasteiger partial charge in [-0.3, -0.25) is 0 Å². The maximum absolute atomic E-state index is 13.1. The standard InChI is InChI=1S/C16H19FO2/c1-13-8-4-5-9-14(13)18-15(12-17)19-16(2)10-6-3-7-11-16/h3-10,15H,11-12H2,1-2H3. The lowest BCUT2D eigenvalue weighted by atomic mass is 9.98. The minimum Gasteiger partial charge on any atom is -0.462 e. The molecule has 0 fully saturated rings. The Labute approximate surface area is 113 Å². The van der Waals surface area contributed by atoms with Crippen LogP contribution in [0, 0.1) is 6.92 Å².